The Morgan fingerprint density at radius 3 is 2.50 bits per heavy atom. The molecule has 146 valence electrons. The number of nitrogens with zero attached hydrogens (tertiary/aromatic N) is 2. The first-order valence-corrected chi connectivity index (χ1v) is 11.6. The van der Waals surface area contributed by atoms with Gasteiger partial charge in [0.2, 0.25) is 10.0 Å². The first-order valence-electron chi connectivity index (χ1n) is 9.70. The summed E-state index contributed by atoms with van der Waals surface area (Å²) in [6.07, 6.45) is 1.33. The molecule has 0 unspecified atom stereocenters. The first-order chi connectivity index (χ1) is 13.5. The molecule has 3 atom stereocenters. The fourth-order valence-electron chi connectivity index (χ4n) is 4.97. The minimum Gasteiger partial charge on any atom is -0.460 e. The Balaban J connectivity index is 1.39. The summed E-state index contributed by atoms with van der Waals surface area (Å²) in [5.74, 6) is 1.63. The second kappa shape index (κ2) is 6.72. The third kappa shape index (κ3) is 3.15. The molecule has 0 aliphatic carbocycles. The van der Waals surface area contributed by atoms with Crippen LogP contribution in [0.5, 0.6) is 0 Å². The Hall–Kier alpha value is -2.15. The number of para-hydroxylation sites is 1. The molecule has 5 rings (SSSR count). The molecule has 3 heterocycles. The molecule has 2 aliphatic heterocycles. The van der Waals surface area contributed by atoms with E-state index in [1.807, 2.05) is 48.5 Å². The molecule has 2 aliphatic rings. The lowest BCUT2D eigenvalue weighted by atomic mass is 9.90. The van der Waals surface area contributed by atoms with Crippen LogP contribution in [0.4, 0.5) is 0 Å². The monoisotopic (exact) mass is 396 g/mol. The average molecular weight is 397 g/mol. The zero-order chi connectivity index (χ0) is 19.3. The molecule has 0 radical (unpaired) electrons. The number of hydrogen-bond donors (Lipinski definition) is 0. The maximum Gasteiger partial charge on any atom is 0.211 e. The average Bonchev–Trinajstić information content (AvgIpc) is 3.33. The van der Waals surface area contributed by atoms with Crippen LogP contribution >= 0.6 is 0 Å². The van der Waals surface area contributed by atoms with Gasteiger partial charge in [0.05, 0.1) is 18.8 Å². The molecule has 6 heteroatoms. The molecule has 28 heavy (non-hydrogen) atoms. The van der Waals surface area contributed by atoms with Gasteiger partial charge in [0.15, 0.2) is 0 Å². The first kappa shape index (κ1) is 17.9. The summed E-state index contributed by atoms with van der Waals surface area (Å²) in [7, 11) is -3.24. The van der Waals surface area contributed by atoms with Crippen LogP contribution in [0.2, 0.25) is 0 Å². The highest BCUT2D eigenvalue weighted by molar-refractivity contribution is 7.88. The van der Waals surface area contributed by atoms with E-state index >= 15 is 0 Å². The summed E-state index contributed by atoms with van der Waals surface area (Å²) in [5.41, 5.74) is 2.01. The highest BCUT2D eigenvalue weighted by atomic mass is 32.2. The second-order valence-electron chi connectivity index (χ2n) is 8.06. The van der Waals surface area contributed by atoms with Gasteiger partial charge >= 0.3 is 0 Å². The van der Waals surface area contributed by atoms with Crippen LogP contribution in [0.1, 0.15) is 17.4 Å². The zero-order valence-corrected chi connectivity index (χ0v) is 16.7. The molecular weight excluding hydrogens is 372 g/mol. The molecule has 1 aromatic heterocycles. The SMILES string of the molecule is CS(=O)(=O)N1C[C@H]2CN(Cc3cc4ccccc4o3)C[C@H]2[C@@H]1c1ccccc1. The van der Waals surface area contributed by atoms with E-state index in [-0.39, 0.29) is 6.04 Å². The Bertz CT molecular complexity index is 1060. The number of benzene rings is 2. The van der Waals surface area contributed by atoms with Gasteiger partial charge in [0, 0.05) is 25.0 Å². The van der Waals surface area contributed by atoms with Crippen molar-refractivity contribution in [2.75, 3.05) is 25.9 Å². The van der Waals surface area contributed by atoms with Crippen molar-refractivity contribution >= 4 is 21.0 Å². The Kier molecular flexibility index (Phi) is 4.30. The summed E-state index contributed by atoms with van der Waals surface area (Å²) < 4.78 is 32.5. The molecule has 2 saturated heterocycles. The van der Waals surface area contributed by atoms with Crippen molar-refractivity contribution in [3.63, 3.8) is 0 Å². The van der Waals surface area contributed by atoms with Crippen molar-refractivity contribution in [3.8, 4) is 0 Å². The van der Waals surface area contributed by atoms with Crippen molar-refractivity contribution in [1.29, 1.82) is 0 Å². The Labute approximate surface area is 165 Å². The van der Waals surface area contributed by atoms with E-state index in [1.54, 1.807) is 4.31 Å². The predicted molar refractivity (Wildman–Crippen MR) is 109 cm³/mol. The van der Waals surface area contributed by atoms with E-state index in [0.717, 1.165) is 41.9 Å². The second-order valence-corrected chi connectivity index (χ2v) is 9.99. The lowest BCUT2D eigenvalue weighted by molar-refractivity contribution is 0.247. The molecule has 0 N–H and O–H groups in total. The summed E-state index contributed by atoms with van der Waals surface area (Å²) in [6.45, 7) is 3.14. The van der Waals surface area contributed by atoms with E-state index in [9.17, 15) is 8.42 Å². The molecule has 2 fully saturated rings. The largest absolute Gasteiger partial charge is 0.460 e. The quantitative estimate of drug-likeness (QED) is 0.677. The summed E-state index contributed by atoms with van der Waals surface area (Å²) in [6, 6.07) is 20.1. The fraction of sp³-hybridized carbons (Fsp3) is 0.364. The highest BCUT2D eigenvalue weighted by Crippen LogP contribution is 2.46. The van der Waals surface area contributed by atoms with Crippen LogP contribution in [0.25, 0.3) is 11.0 Å². The number of sulfonamides is 1. The number of fused-ring (bicyclic) bond motifs is 2. The van der Waals surface area contributed by atoms with Crippen LogP contribution in [0.15, 0.2) is 65.1 Å². The summed E-state index contributed by atoms with van der Waals surface area (Å²) >= 11 is 0. The minimum absolute atomic E-state index is 0.0816. The van der Waals surface area contributed by atoms with Crippen molar-refractivity contribution in [1.82, 2.24) is 9.21 Å². The van der Waals surface area contributed by atoms with Crippen molar-refractivity contribution in [2.24, 2.45) is 11.8 Å². The number of furan rings is 1. The van der Waals surface area contributed by atoms with Gasteiger partial charge in [-0.3, -0.25) is 4.90 Å². The molecule has 3 aromatic rings. The predicted octanol–water partition coefficient (Wildman–Crippen LogP) is 3.50. The van der Waals surface area contributed by atoms with Gasteiger partial charge < -0.3 is 4.42 Å². The topological polar surface area (TPSA) is 53.8 Å². The maximum absolute atomic E-state index is 12.4. The van der Waals surface area contributed by atoms with Crippen molar-refractivity contribution < 1.29 is 12.8 Å². The van der Waals surface area contributed by atoms with Gasteiger partial charge in [-0.1, -0.05) is 48.5 Å². The van der Waals surface area contributed by atoms with Gasteiger partial charge in [-0.2, -0.15) is 4.31 Å². The van der Waals surface area contributed by atoms with Crippen LogP contribution in [-0.4, -0.2) is 43.5 Å². The van der Waals surface area contributed by atoms with Crippen molar-refractivity contribution in [3.05, 3.63) is 72.0 Å². The van der Waals surface area contributed by atoms with E-state index in [1.165, 1.54) is 6.26 Å². The van der Waals surface area contributed by atoms with Crippen LogP contribution < -0.4 is 0 Å². The molecule has 0 amide bonds. The van der Waals surface area contributed by atoms with Crippen molar-refractivity contribution in [2.45, 2.75) is 12.6 Å². The lowest BCUT2D eigenvalue weighted by Crippen LogP contribution is -2.34. The van der Waals surface area contributed by atoms with E-state index in [0.29, 0.717) is 18.4 Å². The molecule has 0 bridgehead atoms. The normalized spacial score (nSPS) is 26.1. The summed E-state index contributed by atoms with van der Waals surface area (Å²) in [4.78, 5) is 2.41. The zero-order valence-electron chi connectivity index (χ0n) is 15.9. The number of hydrogen-bond acceptors (Lipinski definition) is 4. The van der Waals surface area contributed by atoms with E-state index in [2.05, 4.69) is 17.0 Å². The third-order valence-electron chi connectivity index (χ3n) is 6.12. The maximum atomic E-state index is 12.4. The highest BCUT2D eigenvalue weighted by Gasteiger charge is 2.50. The van der Waals surface area contributed by atoms with Gasteiger partial charge in [0.1, 0.15) is 11.3 Å². The van der Waals surface area contributed by atoms with Crippen LogP contribution in [0.3, 0.4) is 0 Å². The molecule has 5 nitrogen and oxygen atoms in total. The third-order valence-corrected chi connectivity index (χ3v) is 7.35. The van der Waals surface area contributed by atoms with Crippen LogP contribution in [-0.2, 0) is 16.6 Å². The van der Waals surface area contributed by atoms with Gasteiger partial charge in [-0.25, -0.2) is 8.42 Å². The lowest BCUT2D eigenvalue weighted by Gasteiger charge is -2.28. The van der Waals surface area contributed by atoms with Gasteiger partial charge in [0.25, 0.3) is 0 Å². The smallest absolute Gasteiger partial charge is 0.211 e. The molecule has 0 spiro atoms. The fourth-order valence-corrected chi connectivity index (χ4v) is 6.12. The van der Waals surface area contributed by atoms with Gasteiger partial charge in [-0.05, 0) is 29.5 Å². The molecule has 0 saturated carbocycles. The number of likely N-dealkylation sites (tertiary alicyclic amines) is 1. The standard InChI is InChI=1S/C22H24N2O3S/c1-28(25,26)24-13-18-12-23(14-19-11-17-9-5-6-10-21(17)27-19)15-20(18)22(24)16-7-3-2-4-8-16/h2-11,18,20,22H,12-15H2,1H3/t18-,20-,22+/m1/s1. The Morgan fingerprint density at radius 1 is 1.00 bits per heavy atom. The van der Waals surface area contributed by atoms with Crippen LogP contribution in [0, 0.1) is 11.8 Å². The Morgan fingerprint density at radius 2 is 1.75 bits per heavy atom. The minimum atomic E-state index is -3.24. The number of rotatable bonds is 4. The van der Waals surface area contributed by atoms with E-state index < -0.39 is 10.0 Å². The molecular formula is C22H24N2O3S. The van der Waals surface area contributed by atoms with Gasteiger partial charge in [-0.15, -0.1) is 0 Å². The van der Waals surface area contributed by atoms with E-state index in [4.69, 9.17) is 4.42 Å². The summed E-state index contributed by atoms with van der Waals surface area (Å²) in [5, 5.41) is 1.13. The molecule has 2 aromatic carbocycles.